The number of carboxylic acids is 1. The average Bonchev–Trinajstić information content (AvgIpc) is 1.84. The maximum atomic E-state index is 10.3. The molecule has 0 radical (unpaired) electrons. The fraction of sp³-hybridized carbons (Fsp3) is 0.571. The highest BCUT2D eigenvalue weighted by atomic mass is 16.4. The van der Waals surface area contributed by atoms with Crippen molar-refractivity contribution in [2.75, 3.05) is 0 Å². The molecule has 0 aromatic rings. The van der Waals surface area contributed by atoms with E-state index in [2.05, 4.69) is 6.58 Å². The monoisotopic (exact) mass is 144 g/mol. The Morgan fingerprint density at radius 3 is 1.80 bits per heavy atom. The zero-order chi connectivity index (χ0) is 8.31. The normalized spacial score (nSPS) is 15.8. The van der Waals surface area contributed by atoms with E-state index < -0.39 is 11.9 Å². The molecule has 2 N–H and O–H groups in total. The summed E-state index contributed by atoms with van der Waals surface area (Å²) in [6.07, 6.45) is 0. The van der Waals surface area contributed by atoms with Gasteiger partial charge in [-0.05, 0) is 0 Å². The fourth-order valence-corrected chi connectivity index (χ4v) is 0.502. The van der Waals surface area contributed by atoms with Gasteiger partial charge in [0.2, 0.25) is 0 Å². The number of aliphatic carboxylic acids is 1. The number of carboxylic acid groups (broad SMARTS) is 1. The van der Waals surface area contributed by atoms with Crippen molar-refractivity contribution in [2.24, 2.45) is 11.8 Å². The van der Waals surface area contributed by atoms with Crippen LogP contribution in [0.15, 0.2) is 12.3 Å². The molecule has 0 fully saturated rings. The first kappa shape index (κ1) is 9.01. The van der Waals surface area contributed by atoms with Crippen molar-refractivity contribution in [3.05, 3.63) is 12.3 Å². The third kappa shape index (κ3) is 2.09. The molecule has 10 heavy (non-hydrogen) atoms. The van der Waals surface area contributed by atoms with Crippen LogP contribution in [0, 0.1) is 11.8 Å². The van der Waals surface area contributed by atoms with E-state index in [0.29, 0.717) is 0 Å². The highest BCUT2D eigenvalue weighted by molar-refractivity contribution is 5.70. The minimum absolute atomic E-state index is 0.0742. The lowest BCUT2D eigenvalue weighted by atomic mass is 9.95. The van der Waals surface area contributed by atoms with Crippen molar-refractivity contribution in [2.45, 2.75) is 13.8 Å². The van der Waals surface area contributed by atoms with E-state index >= 15 is 0 Å². The molecule has 0 aliphatic rings. The van der Waals surface area contributed by atoms with Crippen molar-refractivity contribution in [1.82, 2.24) is 0 Å². The molecule has 0 rings (SSSR count). The molecule has 0 saturated carbocycles. The molecule has 0 saturated heterocycles. The summed E-state index contributed by atoms with van der Waals surface area (Å²) in [6, 6.07) is 0. The molecule has 0 aliphatic carbocycles. The van der Waals surface area contributed by atoms with Crippen LogP contribution in [0.5, 0.6) is 0 Å². The highest BCUT2D eigenvalue weighted by Crippen LogP contribution is 2.16. The van der Waals surface area contributed by atoms with Gasteiger partial charge in [-0.25, -0.2) is 0 Å². The third-order valence-electron chi connectivity index (χ3n) is 1.67. The summed E-state index contributed by atoms with van der Waals surface area (Å²) in [6.45, 7) is 6.41. The summed E-state index contributed by atoms with van der Waals surface area (Å²) in [7, 11) is 0. The van der Waals surface area contributed by atoms with E-state index in [-0.39, 0.29) is 11.7 Å². The van der Waals surface area contributed by atoms with Crippen molar-refractivity contribution in [3.63, 3.8) is 0 Å². The molecule has 0 aromatic carbocycles. The minimum Gasteiger partial charge on any atom is -0.513 e. The molecule has 0 aromatic heterocycles. The molecule has 0 heterocycles. The van der Waals surface area contributed by atoms with Gasteiger partial charge < -0.3 is 10.2 Å². The zero-order valence-electron chi connectivity index (χ0n) is 6.16. The number of hydrogen-bond acceptors (Lipinski definition) is 2. The number of aliphatic hydroxyl groups excluding tert-OH is 1. The molecule has 0 aliphatic heterocycles. The highest BCUT2D eigenvalue weighted by Gasteiger charge is 2.20. The molecule has 0 amide bonds. The largest absolute Gasteiger partial charge is 0.513 e. The Bertz CT molecular complexity index is 133. The van der Waals surface area contributed by atoms with E-state index in [9.17, 15) is 4.79 Å². The smallest absolute Gasteiger partial charge is 0.306 e. The maximum absolute atomic E-state index is 10.3. The molecular formula is C7H12O3. The first-order valence-corrected chi connectivity index (χ1v) is 3.07. The Morgan fingerprint density at radius 2 is 1.70 bits per heavy atom. The number of allylic oxidation sites excluding steroid dienone is 1. The standard InChI is InChI=1S/C7H12O3/c1-4(6(3)8)5(2)7(9)10/h4-5,8H,3H2,1-2H3,(H,9,10). The van der Waals surface area contributed by atoms with Crippen molar-refractivity contribution >= 4 is 5.97 Å². The van der Waals surface area contributed by atoms with Crippen LogP contribution in [-0.4, -0.2) is 16.2 Å². The van der Waals surface area contributed by atoms with Gasteiger partial charge in [-0.3, -0.25) is 4.79 Å². The molecule has 0 spiro atoms. The molecule has 0 bridgehead atoms. The van der Waals surface area contributed by atoms with E-state index in [4.69, 9.17) is 10.2 Å². The maximum Gasteiger partial charge on any atom is 0.306 e. The second kappa shape index (κ2) is 3.25. The van der Waals surface area contributed by atoms with Crippen LogP contribution in [-0.2, 0) is 4.79 Å². The van der Waals surface area contributed by atoms with Gasteiger partial charge in [0.1, 0.15) is 0 Å². The Hall–Kier alpha value is -0.990. The van der Waals surface area contributed by atoms with Gasteiger partial charge in [0.05, 0.1) is 11.7 Å². The van der Waals surface area contributed by atoms with Crippen molar-refractivity contribution < 1.29 is 15.0 Å². The summed E-state index contributed by atoms with van der Waals surface area (Å²) in [5.41, 5.74) is 0. The van der Waals surface area contributed by atoms with Crippen LogP contribution in [0.4, 0.5) is 0 Å². The quantitative estimate of drug-likeness (QED) is 0.589. The summed E-state index contributed by atoms with van der Waals surface area (Å²) >= 11 is 0. The molecular weight excluding hydrogens is 132 g/mol. The van der Waals surface area contributed by atoms with Crippen LogP contribution < -0.4 is 0 Å². The molecule has 2 atom stereocenters. The van der Waals surface area contributed by atoms with Crippen molar-refractivity contribution in [3.8, 4) is 0 Å². The van der Waals surface area contributed by atoms with Crippen LogP contribution >= 0.6 is 0 Å². The number of aliphatic hydroxyl groups is 1. The van der Waals surface area contributed by atoms with Gasteiger partial charge in [-0.1, -0.05) is 20.4 Å². The summed E-state index contributed by atoms with van der Waals surface area (Å²) in [4.78, 5) is 10.3. The second-order valence-electron chi connectivity index (χ2n) is 2.41. The number of carbonyl (C=O) groups is 1. The van der Waals surface area contributed by atoms with E-state index in [1.165, 1.54) is 6.92 Å². The SMILES string of the molecule is C=C(O)C(C)C(C)C(=O)O. The second-order valence-corrected chi connectivity index (χ2v) is 2.41. The molecule has 2 unspecified atom stereocenters. The summed E-state index contributed by atoms with van der Waals surface area (Å²) < 4.78 is 0. The Balaban J connectivity index is 4.07. The lowest BCUT2D eigenvalue weighted by Gasteiger charge is -2.13. The lowest BCUT2D eigenvalue weighted by Crippen LogP contribution is -2.19. The Kier molecular flexibility index (Phi) is 2.93. The number of rotatable bonds is 3. The van der Waals surface area contributed by atoms with Gasteiger partial charge >= 0.3 is 5.97 Å². The third-order valence-corrected chi connectivity index (χ3v) is 1.67. The van der Waals surface area contributed by atoms with Gasteiger partial charge in [0.25, 0.3) is 0 Å². The Labute approximate surface area is 60.0 Å². The molecule has 3 nitrogen and oxygen atoms in total. The predicted molar refractivity (Wildman–Crippen MR) is 37.7 cm³/mol. The molecule has 3 heteroatoms. The van der Waals surface area contributed by atoms with Crippen molar-refractivity contribution in [1.29, 1.82) is 0 Å². The van der Waals surface area contributed by atoms with Gasteiger partial charge in [0, 0.05) is 5.92 Å². The van der Waals surface area contributed by atoms with Crippen LogP contribution in [0.1, 0.15) is 13.8 Å². The fourth-order valence-electron chi connectivity index (χ4n) is 0.502. The van der Waals surface area contributed by atoms with Crippen LogP contribution in [0.3, 0.4) is 0 Å². The Morgan fingerprint density at radius 1 is 1.30 bits per heavy atom. The first-order chi connectivity index (χ1) is 4.46. The van der Waals surface area contributed by atoms with E-state index in [1.54, 1.807) is 6.92 Å². The molecule has 58 valence electrons. The predicted octanol–water partition coefficient (Wildman–Crippen LogP) is 1.41. The average molecular weight is 144 g/mol. The zero-order valence-corrected chi connectivity index (χ0v) is 6.16. The minimum atomic E-state index is -0.914. The van der Waals surface area contributed by atoms with Crippen LogP contribution in [0.25, 0.3) is 0 Å². The van der Waals surface area contributed by atoms with Gasteiger partial charge in [-0.15, -0.1) is 0 Å². The first-order valence-electron chi connectivity index (χ1n) is 3.07. The van der Waals surface area contributed by atoms with Crippen LogP contribution in [0.2, 0.25) is 0 Å². The van der Waals surface area contributed by atoms with E-state index in [0.717, 1.165) is 0 Å². The topological polar surface area (TPSA) is 57.5 Å². The van der Waals surface area contributed by atoms with Gasteiger partial charge in [0.15, 0.2) is 0 Å². The summed E-state index contributed by atoms with van der Waals surface area (Å²) in [5, 5.41) is 17.2. The lowest BCUT2D eigenvalue weighted by molar-refractivity contribution is -0.142. The van der Waals surface area contributed by atoms with E-state index in [1.807, 2.05) is 0 Å². The number of hydrogen-bond donors (Lipinski definition) is 2. The summed E-state index contributed by atoms with van der Waals surface area (Å²) in [5.74, 6) is -1.94. The van der Waals surface area contributed by atoms with Gasteiger partial charge in [-0.2, -0.15) is 0 Å².